The molecule has 0 aromatic carbocycles. The van der Waals surface area contributed by atoms with Crippen molar-refractivity contribution in [3.8, 4) is 0 Å². The number of unbranched alkanes of at least 4 members (excludes halogenated alkanes) is 1. The summed E-state index contributed by atoms with van der Waals surface area (Å²) < 4.78 is 5.58. The first kappa shape index (κ1) is 24.1. The van der Waals surface area contributed by atoms with E-state index in [9.17, 15) is 4.79 Å². The second-order valence-corrected chi connectivity index (χ2v) is 7.22. The van der Waals surface area contributed by atoms with Gasteiger partial charge >= 0.3 is 6.03 Å². The van der Waals surface area contributed by atoms with Gasteiger partial charge in [0.1, 0.15) is 11.6 Å². The monoisotopic (exact) mass is 398 g/mol. The molecule has 0 bridgehead atoms. The van der Waals surface area contributed by atoms with Crippen LogP contribution in [0.2, 0.25) is 0 Å². The number of carbonyl (C=O) groups is 1. The predicted molar refractivity (Wildman–Crippen MR) is 121 cm³/mol. The zero-order valence-electron chi connectivity index (χ0n) is 18.4. The van der Waals surface area contributed by atoms with Crippen LogP contribution in [-0.4, -0.2) is 43.3 Å². The van der Waals surface area contributed by atoms with Crippen LogP contribution >= 0.6 is 0 Å². The molecule has 0 unspecified atom stereocenters. The number of carbonyl (C=O) groups excluding carboxylic acids is 1. The van der Waals surface area contributed by atoms with E-state index < -0.39 is 0 Å². The number of nitrogens with zero attached hydrogens (tertiary/aromatic N) is 4. The molecule has 0 fully saturated rings. The number of anilines is 1. The van der Waals surface area contributed by atoms with Gasteiger partial charge in [-0.1, -0.05) is 33.1 Å². The quantitative estimate of drug-likeness (QED) is 0.220. The molecule has 0 aliphatic carbocycles. The fraction of sp³-hybridized carbons (Fsp3) is 0.435. The highest BCUT2D eigenvalue weighted by molar-refractivity contribution is 5.96. The van der Waals surface area contributed by atoms with Crippen molar-refractivity contribution in [2.75, 3.05) is 25.6 Å². The van der Waals surface area contributed by atoms with E-state index >= 15 is 0 Å². The van der Waals surface area contributed by atoms with E-state index in [1.165, 1.54) is 9.80 Å². The Morgan fingerprint density at radius 2 is 2.00 bits per heavy atom. The Balaban J connectivity index is 3.14. The standard InChI is InChI=1S/C23H34N4O2/c1-9-12-18(4)29-16-11-10-13-20-14-15-25-21(17(2)3)22(20)27(19(5)24-6)23(28)26(7)8/h9,12,14-15,17H,4-6,10-11,13,16H2,1-3,7-8H3/b12-9-. The second kappa shape index (κ2) is 11.8. The molecule has 0 saturated heterocycles. The van der Waals surface area contributed by atoms with Gasteiger partial charge in [0.2, 0.25) is 0 Å². The average molecular weight is 399 g/mol. The van der Waals surface area contributed by atoms with E-state index in [2.05, 4.69) is 43.7 Å². The van der Waals surface area contributed by atoms with Crippen LogP contribution in [0.1, 0.15) is 50.8 Å². The molecule has 0 spiro atoms. The largest absolute Gasteiger partial charge is 0.494 e. The maximum atomic E-state index is 12.9. The molecule has 1 aromatic rings. The Bertz CT molecular complexity index is 766. The van der Waals surface area contributed by atoms with Gasteiger partial charge in [-0.25, -0.2) is 14.7 Å². The van der Waals surface area contributed by atoms with Crippen molar-refractivity contribution in [1.29, 1.82) is 0 Å². The van der Waals surface area contributed by atoms with Crippen LogP contribution in [0.5, 0.6) is 0 Å². The fourth-order valence-electron chi connectivity index (χ4n) is 2.86. The molecule has 0 aliphatic heterocycles. The number of aromatic nitrogens is 1. The third-order valence-electron chi connectivity index (χ3n) is 4.30. The lowest BCUT2D eigenvalue weighted by molar-refractivity contribution is 0.219. The zero-order valence-corrected chi connectivity index (χ0v) is 18.4. The minimum absolute atomic E-state index is 0.132. The molecule has 1 heterocycles. The summed E-state index contributed by atoms with van der Waals surface area (Å²) in [5, 5.41) is 0. The van der Waals surface area contributed by atoms with E-state index in [-0.39, 0.29) is 17.8 Å². The first-order chi connectivity index (χ1) is 13.7. The highest BCUT2D eigenvalue weighted by atomic mass is 16.5. The number of urea groups is 1. The summed E-state index contributed by atoms with van der Waals surface area (Å²) in [4.78, 5) is 24.4. The molecule has 29 heavy (non-hydrogen) atoms. The maximum absolute atomic E-state index is 12.9. The normalized spacial score (nSPS) is 10.8. The van der Waals surface area contributed by atoms with Gasteiger partial charge < -0.3 is 9.64 Å². The van der Waals surface area contributed by atoms with Crippen molar-refractivity contribution in [1.82, 2.24) is 9.88 Å². The molecule has 0 saturated carbocycles. The molecular weight excluding hydrogens is 364 g/mol. The first-order valence-corrected chi connectivity index (χ1v) is 9.83. The fourth-order valence-corrected chi connectivity index (χ4v) is 2.86. The summed E-state index contributed by atoms with van der Waals surface area (Å²) >= 11 is 0. The Morgan fingerprint density at radius 3 is 2.55 bits per heavy atom. The lowest BCUT2D eigenvalue weighted by Gasteiger charge is -2.30. The Hall–Kier alpha value is -2.89. The van der Waals surface area contributed by atoms with Gasteiger partial charge in [0, 0.05) is 20.3 Å². The van der Waals surface area contributed by atoms with Crippen LogP contribution in [0, 0.1) is 0 Å². The van der Waals surface area contributed by atoms with Gasteiger partial charge in [0.25, 0.3) is 0 Å². The van der Waals surface area contributed by atoms with Gasteiger partial charge in [-0.15, -0.1) is 0 Å². The topological polar surface area (TPSA) is 58.0 Å². The number of aryl methyl sites for hydroxylation is 1. The molecule has 2 amide bonds. The van der Waals surface area contributed by atoms with Gasteiger partial charge in [-0.05, 0) is 56.5 Å². The molecule has 6 nitrogen and oxygen atoms in total. The molecular formula is C23H34N4O2. The van der Waals surface area contributed by atoms with Crippen molar-refractivity contribution in [2.24, 2.45) is 4.99 Å². The third-order valence-corrected chi connectivity index (χ3v) is 4.30. The molecule has 158 valence electrons. The minimum atomic E-state index is -0.232. The lowest BCUT2D eigenvalue weighted by Crippen LogP contribution is -2.39. The Kier molecular flexibility index (Phi) is 9.86. The van der Waals surface area contributed by atoms with Crippen LogP contribution in [-0.2, 0) is 11.2 Å². The van der Waals surface area contributed by atoms with Crippen molar-refractivity contribution >= 4 is 18.4 Å². The van der Waals surface area contributed by atoms with Crippen LogP contribution < -0.4 is 4.90 Å². The smallest absolute Gasteiger partial charge is 0.329 e. The first-order valence-electron chi connectivity index (χ1n) is 9.83. The van der Waals surface area contributed by atoms with E-state index in [1.807, 2.05) is 25.1 Å². The molecule has 0 N–H and O–H groups in total. The molecule has 1 rings (SSSR count). The summed E-state index contributed by atoms with van der Waals surface area (Å²) in [5.41, 5.74) is 2.61. The highest BCUT2D eigenvalue weighted by Crippen LogP contribution is 2.33. The summed E-state index contributed by atoms with van der Waals surface area (Å²) in [6, 6.07) is 1.72. The van der Waals surface area contributed by atoms with Crippen LogP contribution in [0.4, 0.5) is 10.5 Å². The van der Waals surface area contributed by atoms with Gasteiger partial charge in [-0.3, -0.25) is 4.98 Å². The van der Waals surface area contributed by atoms with Gasteiger partial charge in [0.15, 0.2) is 0 Å². The van der Waals surface area contributed by atoms with Crippen molar-refractivity contribution in [3.63, 3.8) is 0 Å². The number of pyridine rings is 1. The van der Waals surface area contributed by atoms with E-state index in [0.717, 1.165) is 36.2 Å². The number of hydrogen-bond acceptors (Lipinski definition) is 4. The van der Waals surface area contributed by atoms with Crippen LogP contribution in [0.3, 0.4) is 0 Å². The summed E-state index contributed by atoms with van der Waals surface area (Å²) in [6.07, 6.45) is 8.08. The Morgan fingerprint density at radius 1 is 1.31 bits per heavy atom. The number of hydrogen-bond donors (Lipinski definition) is 0. The SMILES string of the molecule is C=NC(=C)N(C(=O)N(C)C)c1c(CCCCOC(=C)/C=C\C)ccnc1C(C)C. The number of aliphatic imine (C=N–C) groups is 1. The zero-order chi connectivity index (χ0) is 22.0. The molecule has 6 heteroatoms. The highest BCUT2D eigenvalue weighted by Gasteiger charge is 2.27. The van der Waals surface area contributed by atoms with Gasteiger partial charge in [0.05, 0.1) is 18.0 Å². The summed E-state index contributed by atoms with van der Waals surface area (Å²) in [6.45, 7) is 18.0. The number of rotatable bonds is 11. The van der Waals surface area contributed by atoms with Gasteiger partial charge in [-0.2, -0.15) is 0 Å². The van der Waals surface area contributed by atoms with E-state index in [4.69, 9.17) is 4.74 Å². The summed E-state index contributed by atoms with van der Waals surface area (Å²) in [5.74, 6) is 1.08. The lowest BCUT2D eigenvalue weighted by atomic mass is 9.99. The Labute approximate surface area is 175 Å². The molecule has 0 radical (unpaired) electrons. The summed E-state index contributed by atoms with van der Waals surface area (Å²) in [7, 11) is 3.40. The van der Waals surface area contributed by atoms with Crippen molar-refractivity contribution in [2.45, 2.75) is 46.0 Å². The molecule has 0 aliphatic rings. The van der Waals surface area contributed by atoms with E-state index in [1.54, 1.807) is 20.3 Å². The average Bonchev–Trinajstić information content (AvgIpc) is 2.68. The molecule has 0 atom stereocenters. The maximum Gasteiger partial charge on any atom is 0.329 e. The van der Waals surface area contributed by atoms with Crippen LogP contribution in [0.25, 0.3) is 0 Å². The predicted octanol–water partition coefficient (Wildman–Crippen LogP) is 5.29. The van der Waals surface area contributed by atoms with Crippen LogP contribution in [0.15, 0.2) is 54.1 Å². The number of amides is 2. The third kappa shape index (κ3) is 6.89. The second-order valence-electron chi connectivity index (χ2n) is 7.22. The molecule has 1 aromatic heterocycles. The number of allylic oxidation sites excluding steroid dienone is 2. The van der Waals surface area contributed by atoms with E-state index in [0.29, 0.717) is 12.4 Å². The van der Waals surface area contributed by atoms with Crippen molar-refractivity contribution in [3.05, 3.63) is 60.4 Å². The minimum Gasteiger partial charge on any atom is -0.494 e. The number of ether oxygens (including phenoxy) is 1. The van der Waals surface area contributed by atoms with Crippen molar-refractivity contribution < 1.29 is 9.53 Å².